The lowest BCUT2D eigenvalue weighted by Crippen LogP contribution is -2.58. The second-order valence-electron chi connectivity index (χ2n) is 29.9. The van der Waals surface area contributed by atoms with Crippen LogP contribution < -0.4 is 31.9 Å². The van der Waals surface area contributed by atoms with Crippen molar-refractivity contribution >= 4 is 53.0 Å². The zero-order valence-corrected chi connectivity index (χ0v) is 64.3. The summed E-state index contributed by atoms with van der Waals surface area (Å²) in [5, 5.41) is 59.2. The number of ether oxygens (including phenoxy) is 3. The lowest BCUT2D eigenvalue weighted by molar-refractivity contribution is -0.0645. The van der Waals surface area contributed by atoms with Gasteiger partial charge in [-0.05, 0) is 169 Å². The maximum Gasteiger partial charge on any atom is 0.318 e. The molecule has 0 radical (unpaired) electrons. The van der Waals surface area contributed by atoms with Gasteiger partial charge in [-0.15, -0.1) is 0 Å². The molecule has 9 aromatic rings. The Balaban J connectivity index is 0.000000146. The van der Waals surface area contributed by atoms with Crippen LogP contribution in [0, 0.1) is 0 Å². The van der Waals surface area contributed by atoms with Crippen LogP contribution >= 0.6 is 0 Å². The number of likely N-dealkylation sites (tertiary alicyclic amines) is 3. The number of aromatic nitrogens is 12. The molecule has 3 aliphatic heterocycles. The number of benzene rings is 3. The van der Waals surface area contributed by atoms with Gasteiger partial charge in [-0.25, -0.2) is 44.3 Å². The number of carbonyl (C=O) groups is 3. The van der Waals surface area contributed by atoms with Crippen LogP contribution in [0.1, 0.15) is 151 Å². The van der Waals surface area contributed by atoms with E-state index in [-0.39, 0.29) is 92.7 Å². The van der Waals surface area contributed by atoms with E-state index >= 15 is 0 Å². The molecule has 588 valence electrons. The highest BCUT2D eigenvalue weighted by Crippen LogP contribution is 2.37. The number of rotatable bonds is 24. The highest BCUT2D eigenvalue weighted by molar-refractivity contribution is 5.78. The number of hydrogen-bond donors (Lipinski definition) is 9. The number of nitrogens with zero attached hydrogens (tertiary/aromatic N) is 15. The molecule has 3 aliphatic carbocycles. The number of amides is 6. The number of aliphatic hydroxyl groups is 3. The second kappa shape index (κ2) is 37.5. The van der Waals surface area contributed by atoms with Crippen molar-refractivity contribution in [1.82, 2.24) is 89.9 Å². The monoisotopic (exact) mass is 1520 g/mol. The summed E-state index contributed by atoms with van der Waals surface area (Å²) in [5.41, 5.74) is 15.1. The third-order valence-corrected chi connectivity index (χ3v) is 20.3. The van der Waals surface area contributed by atoms with E-state index in [2.05, 4.69) is 117 Å². The minimum atomic E-state index is -0.0145. The maximum atomic E-state index is 12.9. The maximum absolute atomic E-state index is 12.9. The Morgan fingerprint density at radius 2 is 0.703 bits per heavy atom. The minimum absolute atomic E-state index is 0.00204. The third kappa shape index (κ3) is 21.1. The van der Waals surface area contributed by atoms with Gasteiger partial charge in [-0.3, -0.25) is 14.0 Å². The number of urea groups is 3. The largest absolute Gasteiger partial charge is 0.394 e. The molecule has 9 heterocycles. The molecule has 0 bridgehead atoms. The molecule has 30 nitrogen and oxygen atoms in total. The van der Waals surface area contributed by atoms with Gasteiger partial charge >= 0.3 is 18.1 Å². The van der Waals surface area contributed by atoms with Crippen LogP contribution in [-0.4, -0.2) is 203 Å². The Kier molecular flexibility index (Phi) is 26.5. The zero-order chi connectivity index (χ0) is 77.3. The molecule has 6 amide bonds. The van der Waals surface area contributed by atoms with Crippen LogP contribution in [0.2, 0.25) is 0 Å². The summed E-state index contributed by atoms with van der Waals surface area (Å²) in [5.74, 6) is 1.45. The number of anilines is 6. The van der Waals surface area contributed by atoms with Gasteiger partial charge in [0.25, 0.3) is 0 Å². The number of nitrogens with one attached hydrogen (secondary N) is 6. The topological polar surface area (TPSA) is 352 Å². The number of carbonyl (C=O) groups excluding carboxylic acids is 3. The van der Waals surface area contributed by atoms with E-state index < -0.39 is 0 Å². The van der Waals surface area contributed by atoms with Crippen molar-refractivity contribution in [2.75, 3.05) is 75.0 Å². The molecular formula is C81H105N21O9. The fourth-order valence-corrected chi connectivity index (χ4v) is 14.9. The molecule has 3 atom stereocenters. The summed E-state index contributed by atoms with van der Waals surface area (Å²) >= 11 is 0. The van der Waals surface area contributed by atoms with Crippen LogP contribution in [0.25, 0.3) is 33.8 Å². The SMILES string of the molecule is CC(C)OC1CN(C(=O)NC2CCCCc3cc(-c4ccnc(Nc5cnn(CCO)c5)n4)ccc32)C1.CC(C)OC1CN(C(=O)N[C@@H]2CCCCc3cc(-c4ccnc(Nc5cnn(CCO)c5)n4)ccc32)C1.CC(C)OC1CN(C(=O)N[C@H]2CCCCc3cc(-c4ccnc(Nc5cnn(CCO)c5)n4)ccc32)C1. The first kappa shape index (κ1) is 78.6. The van der Waals surface area contributed by atoms with Gasteiger partial charge in [0.05, 0.1) is 186 Å². The van der Waals surface area contributed by atoms with Crippen molar-refractivity contribution in [3.05, 3.63) is 162 Å². The quantitative estimate of drug-likeness (QED) is 0.0254. The van der Waals surface area contributed by atoms with E-state index in [0.29, 0.717) is 76.7 Å². The Bertz CT molecular complexity index is 4120. The number of aliphatic hydroxyl groups excluding tert-OH is 3. The first-order chi connectivity index (χ1) is 53.9. The standard InChI is InChI=1S/3C27H35N7O3/c3*1-18(2)37-22-16-33(17-22)27(36)32-25-6-4-3-5-19-13-20(7-8-23(19)25)24-9-10-28-26(31-24)30-21-14-29-34(15-21)11-12-35/h3*7-10,13-15,18,22,25,35H,3-6,11-12,16-17H2,1-2H3,(H,32,36)(H,28,30,31)/t2*25-;/m10./s1. The van der Waals surface area contributed by atoms with E-state index in [4.69, 9.17) is 44.5 Å². The fourth-order valence-electron chi connectivity index (χ4n) is 14.9. The smallest absolute Gasteiger partial charge is 0.318 e. The average molecular weight is 1520 g/mol. The van der Waals surface area contributed by atoms with E-state index in [1.807, 2.05) is 74.4 Å². The Morgan fingerprint density at radius 1 is 0.414 bits per heavy atom. The highest BCUT2D eigenvalue weighted by atomic mass is 16.5. The molecule has 6 aliphatic rings. The van der Waals surface area contributed by atoms with Crippen LogP contribution in [0.5, 0.6) is 0 Å². The van der Waals surface area contributed by atoms with Crippen LogP contribution in [0.15, 0.2) is 129 Å². The average Bonchev–Trinajstić information content (AvgIpc) is 1.79. The second-order valence-corrected chi connectivity index (χ2v) is 29.9. The Labute approximate surface area is 647 Å². The molecule has 0 saturated carbocycles. The van der Waals surface area contributed by atoms with E-state index in [0.717, 1.165) is 128 Å². The van der Waals surface area contributed by atoms with Gasteiger partial charge in [0, 0.05) is 53.9 Å². The van der Waals surface area contributed by atoms with Crippen LogP contribution in [0.4, 0.5) is 49.3 Å². The summed E-state index contributed by atoms with van der Waals surface area (Å²) in [4.78, 5) is 71.3. The van der Waals surface area contributed by atoms with Gasteiger partial charge in [0.1, 0.15) is 0 Å². The van der Waals surface area contributed by atoms with Crippen LogP contribution in [0.3, 0.4) is 0 Å². The summed E-state index contributed by atoms with van der Waals surface area (Å²) in [7, 11) is 0. The Hall–Kier alpha value is -10.5. The minimum Gasteiger partial charge on any atom is -0.394 e. The summed E-state index contributed by atoms with van der Waals surface area (Å²) in [6, 6.07) is 24.9. The van der Waals surface area contributed by atoms with E-state index in [1.54, 1.807) is 69.8 Å². The predicted octanol–water partition coefficient (Wildman–Crippen LogP) is 11.0. The molecular weight excluding hydrogens is 1410 g/mol. The summed E-state index contributed by atoms with van der Waals surface area (Å²) in [6.45, 7) is 17.4. The molecule has 6 aromatic heterocycles. The van der Waals surface area contributed by atoms with Crippen molar-refractivity contribution in [3.8, 4) is 33.8 Å². The van der Waals surface area contributed by atoms with Crippen molar-refractivity contribution in [2.45, 2.75) is 193 Å². The summed E-state index contributed by atoms with van der Waals surface area (Å²) < 4.78 is 22.4. The van der Waals surface area contributed by atoms with Crippen LogP contribution in [-0.2, 0) is 53.1 Å². The normalized spacial score (nSPS) is 17.7. The molecule has 3 aromatic carbocycles. The molecule has 30 heteroatoms. The van der Waals surface area contributed by atoms with E-state index in [1.165, 1.54) is 33.4 Å². The lowest BCUT2D eigenvalue weighted by atomic mass is 9.95. The van der Waals surface area contributed by atoms with Gasteiger partial charge in [0.15, 0.2) is 0 Å². The molecule has 111 heavy (non-hydrogen) atoms. The molecule has 3 saturated heterocycles. The molecule has 1 unspecified atom stereocenters. The number of aryl methyl sites for hydroxylation is 3. The number of fused-ring (bicyclic) bond motifs is 3. The summed E-state index contributed by atoms with van der Waals surface area (Å²) in [6.07, 6.45) is 28.8. The molecule has 9 N–H and O–H groups in total. The highest BCUT2D eigenvalue weighted by Gasteiger charge is 2.37. The molecule has 0 spiro atoms. The Morgan fingerprint density at radius 3 is 0.973 bits per heavy atom. The third-order valence-electron chi connectivity index (χ3n) is 20.3. The van der Waals surface area contributed by atoms with Gasteiger partial charge < -0.3 is 76.1 Å². The van der Waals surface area contributed by atoms with Crippen molar-refractivity contribution in [2.24, 2.45) is 0 Å². The van der Waals surface area contributed by atoms with Gasteiger partial charge in [-0.1, -0.05) is 55.7 Å². The fraction of sp³-hybridized carbons (Fsp3) is 0.481. The zero-order valence-electron chi connectivity index (χ0n) is 64.3. The lowest BCUT2D eigenvalue weighted by Gasteiger charge is -2.40. The van der Waals surface area contributed by atoms with Gasteiger partial charge in [-0.2, -0.15) is 15.3 Å². The number of hydrogen-bond acceptors (Lipinski definition) is 21. The molecule has 15 rings (SSSR count). The van der Waals surface area contributed by atoms with Crippen molar-refractivity contribution in [3.63, 3.8) is 0 Å². The van der Waals surface area contributed by atoms with Gasteiger partial charge in [0.2, 0.25) is 17.8 Å². The first-order valence-corrected chi connectivity index (χ1v) is 39.2. The molecule has 3 fully saturated rings. The van der Waals surface area contributed by atoms with Crippen molar-refractivity contribution in [1.29, 1.82) is 0 Å². The first-order valence-electron chi connectivity index (χ1n) is 39.2. The van der Waals surface area contributed by atoms with Crippen molar-refractivity contribution < 1.29 is 43.9 Å². The predicted molar refractivity (Wildman–Crippen MR) is 421 cm³/mol. The van der Waals surface area contributed by atoms with E-state index in [9.17, 15) is 14.4 Å².